The van der Waals surface area contributed by atoms with Crippen LogP contribution < -0.4 is 0 Å². The fraction of sp³-hybridized carbons (Fsp3) is 0.500. The largest absolute Gasteiger partial charge is 0.344 e. The van der Waals surface area contributed by atoms with Crippen molar-refractivity contribution in [2.75, 3.05) is 0 Å². The van der Waals surface area contributed by atoms with Gasteiger partial charge < -0.3 is 14.0 Å². The van der Waals surface area contributed by atoms with E-state index < -0.39 is 5.79 Å². The molecule has 0 aromatic carbocycles. The van der Waals surface area contributed by atoms with Crippen molar-refractivity contribution in [3.05, 3.63) is 36.4 Å². The summed E-state index contributed by atoms with van der Waals surface area (Å²) in [5.41, 5.74) is 0.835. The van der Waals surface area contributed by atoms with Gasteiger partial charge in [-0.1, -0.05) is 17.7 Å². The summed E-state index contributed by atoms with van der Waals surface area (Å²) in [6.45, 7) is 7.86. The molecular formula is C16H18ClN3O2. The van der Waals surface area contributed by atoms with Gasteiger partial charge in [0.1, 0.15) is 23.2 Å². The highest BCUT2D eigenvalue weighted by Gasteiger charge is 2.53. The van der Waals surface area contributed by atoms with Gasteiger partial charge in [0.2, 0.25) is 0 Å². The number of rotatable bonds is 2. The van der Waals surface area contributed by atoms with E-state index in [0.29, 0.717) is 5.15 Å². The van der Waals surface area contributed by atoms with Crippen LogP contribution in [0.5, 0.6) is 0 Å². The van der Waals surface area contributed by atoms with Crippen LogP contribution in [0, 0.1) is 5.92 Å². The predicted octanol–water partition coefficient (Wildman–Crippen LogP) is 3.35. The van der Waals surface area contributed by atoms with Gasteiger partial charge in [0.15, 0.2) is 5.79 Å². The highest BCUT2D eigenvalue weighted by molar-refractivity contribution is 6.33. The fourth-order valence-corrected chi connectivity index (χ4v) is 3.89. The second kappa shape index (κ2) is 4.78. The summed E-state index contributed by atoms with van der Waals surface area (Å²) >= 11 is 6.15. The monoisotopic (exact) mass is 319 g/mol. The summed E-state index contributed by atoms with van der Waals surface area (Å²) in [6.07, 6.45) is 6.41. The predicted molar refractivity (Wildman–Crippen MR) is 83.7 cm³/mol. The number of aromatic nitrogens is 3. The van der Waals surface area contributed by atoms with Crippen LogP contribution >= 0.6 is 11.6 Å². The molecule has 1 saturated heterocycles. The molecule has 116 valence electrons. The summed E-state index contributed by atoms with van der Waals surface area (Å²) in [4.78, 5) is 8.43. The molecule has 2 aliphatic rings. The fourth-order valence-electron chi connectivity index (χ4n) is 3.70. The number of fused-ring (bicyclic) bond motifs is 2. The lowest BCUT2D eigenvalue weighted by Crippen LogP contribution is -2.27. The SMILES string of the molecule is C=CC1CC(n2ccc3c(Cl)ncnc32)C2OC(C)(C)OC12. The van der Waals surface area contributed by atoms with E-state index in [4.69, 9.17) is 21.1 Å². The van der Waals surface area contributed by atoms with E-state index in [9.17, 15) is 0 Å². The highest BCUT2D eigenvalue weighted by atomic mass is 35.5. The van der Waals surface area contributed by atoms with Crippen molar-refractivity contribution in [3.8, 4) is 0 Å². The van der Waals surface area contributed by atoms with E-state index in [1.165, 1.54) is 6.33 Å². The second-order valence-electron chi connectivity index (χ2n) is 6.39. The Labute approximate surface area is 133 Å². The third kappa shape index (κ3) is 2.00. The minimum absolute atomic E-state index is 0.0117. The van der Waals surface area contributed by atoms with Crippen molar-refractivity contribution < 1.29 is 9.47 Å². The first-order chi connectivity index (χ1) is 10.5. The Morgan fingerprint density at radius 3 is 2.91 bits per heavy atom. The van der Waals surface area contributed by atoms with Crippen LogP contribution in [-0.4, -0.2) is 32.5 Å². The van der Waals surface area contributed by atoms with Gasteiger partial charge in [-0.25, -0.2) is 9.97 Å². The number of nitrogens with zero attached hydrogens (tertiary/aromatic N) is 3. The molecule has 4 rings (SSSR count). The third-order valence-electron chi connectivity index (χ3n) is 4.60. The topological polar surface area (TPSA) is 49.2 Å². The molecule has 0 spiro atoms. The van der Waals surface area contributed by atoms with Crippen LogP contribution in [0.1, 0.15) is 26.3 Å². The van der Waals surface area contributed by atoms with E-state index in [1.807, 2.05) is 32.2 Å². The average Bonchev–Trinajstić information content (AvgIpc) is 3.10. The van der Waals surface area contributed by atoms with Crippen molar-refractivity contribution in [3.63, 3.8) is 0 Å². The molecule has 22 heavy (non-hydrogen) atoms. The molecule has 2 fully saturated rings. The summed E-state index contributed by atoms with van der Waals surface area (Å²) in [5, 5.41) is 1.34. The summed E-state index contributed by atoms with van der Waals surface area (Å²) < 4.78 is 14.4. The molecule has 0 bridgehead atoms. The van der Waals surface area contributed by atoms with Gasteiger partial charge in [-0.15, -0.1) is 6.58 Å². The lowest BCUT2D eigenvalue weighted by atomic mass is 10.1. The molecule has 0 N–H and O–H groups in total. The number of hydrogen-bond acceptors (Lipinski definition) is 4. The second-order valence-corrected chi connectivity index (χ2v) is 6.75. The smallest absolute Gasteiger partial charge is 0.163 e. The summed E-state index contributed by atoms with van der Waals surface area (Å²) in [5.74, 6) is -0.295. The zero-order chi connectivity index (χ0) is 15.5. The van der Waals surface area contributed by atoms with Crippen LogP contribution in [0.2, 0.25) is 5.15 Å². The lowest BCUT2D eigenvalue weighted by Gasteiger charge is -2.24. The van der Waals surface area contributed by atoms with Gasteiger partial charge in [0.05, 0.1) is 17.5 Å². The van der Waals surface area contributed by atoms with Crippen molar-refractivity contribution >= 4 is 22.6 Å². The molecule has 1 aliphatic heterocycles. The first-order valence-electron chi connectivity index (χ1n) is 7.45. The molecule has 1 saturated carbocycles. The van der Waals surface area contributed by atoms with Gasteiger partial charge >= 0.3 is 0 Å². The molecule has 2 aromatic rings. The highest BCUT2D eigenvalue weighted by Crippen LogP contribution is 2.48. The van der Waals surface area contributed by atoms with Gasteiger partial charge in [-0.2, -0.15) is 0 Å². The molecule has 1 aliphatic carbocycles. The van der Waals surface area contributed by atoms with Crippen molar-refractivity contribution in [2.45, 2.75) is 44.3 Å². The molecule has 5 nitrogen and oxygen atoms in total. The quantitative estimate of drug-likeness (QED) is 0.629. The Morgan fingerprint density at radius 1 is 1.36 bits per heavy atom. The molecule has 6 heteroatoms. The molecule has 4 unspecified atom stereocenters. The Morgan fingerprint density at radius 2 is 2.14 bits per heavy atom. The van der Waals surface area contributed by atoms with E-state index >= 15 is 0 Å². The zero-order valence-corrected chi connectivity index (χ0v) is 13.3. The van der Waals surface area contributed by atoms with Crippen molar-refractivity contribution in [2.24, 2.45) is 5.92 Å². The van der Waals surface area contributed by atoms with Crippen LogP contribution in [0.3, 0.4) is 0 Å². The van der Waals surface area contributed by atoms with Crippen LogP contribution in [0.25, 0.3) is 11.0 Å². The van der Waals surface area contributed by atoms with Gasteiger partial charge in [0.25, 0.3) is 0 Å². The van der Waals surface area contributed by atoms with E-state index in [1.54, 1.807) is 0 Å². The lowest BCUT2D eigenvalue weighted by molar-refractivity contribution is -0.158. The maximum atomic E-state index is 6.15. The zero-order valence-electron chi connectivity index (χ0n) is 12.6. The standard InChI is InChI=1S/C16H18ClN3O2/c1-4-9-7-11(13-12(9)21-16(2,3)22-13)20-6-5-10-14(17)18-8-19-15(10)20/h4-6,8-9,11-13H,1,7H2,2-3H3. The average molecular weight is 320 g/mol. The van der Waals surface area contributed by atoms with E-state index in [2.05, 4.69) is 21.1 Å². The summed E-state index contributed by atoms with van der Waals surface area (Å²) in [6, 6.07) is 2.10. The first kappa shape index (κ1) is 14.2. The Bertz CT molecular complexity index is 742. The normalized spacial score (nSPS) is 33.2. The Kier molecular flexibility index (Phi) is 3.08. The molecule has 2 aromatic heterocycles. The van der Waals surface area contributed by atoms with E-state index in [-0.39, 0.29) is 24.2 Å². The molecule has 3 heterocycles. The number of ether oxygens (including phenoxy) is 2. The minimum atomic E-state index is -0.565. The molecule has 0 radical (unpaired) electrons. The first-order valence-corrected chi connectivity index (χ1v) is 7.83. The van der Waals surface area contributed by atoms with Gasteiger partial charge in [-0.05, 0) is 26.3 Å². The Hall–Kier alpha value is -1.43. The van der Waals surface area contributed by atoms with E-state index in [0.717, 1.165) is 17.5 Å². The maximum absolute atomic E-state index is 6.15. The van der Waals surface area contributed by atoms with Gasteiger partial charge in [0, 0.05) is 12.1 Å². The molecule has 0 amide bonds. The Balaban J connectivity index is 1.78. The van der Waals surface area contributed by atoms with Crippen molar-refractivity contribution in [1.82, 2.24) is 14.5 Å². The van der Waals surface area contributed by atoms with Crippen molar-refractivity contribution in [1.29, 1.82) is 0 Å². The van der Waals surface area contributed by atoms with Crippen LogP contribution in [0.4, 0.5) is 0 Å². The number of hydrogen-bond donors (Lipinski definition) is 0. The van der Waals surface area contributed by atoms with Crippen LogP contribution in [-0.2, 0) is 9.47 Å². The minimum Gasteiger partial charge on any atom is -0.344 e. The van der Waals surface area contributed by atoms with Crippen LogP contribution in [0.15, 0.2) is 31.2 Å². The molecule has 4 atom stereocenters. The van der Waals surface area contributed by atoms with Gasteiger partial charge in [-0.3, -0.25) is 0 Å². The number of halogens is 1. The maximum Gasteiger partial charge on any atom is 0.163 e. The third-order valence-corrected chi connectivity index (χ3v) is 4.90. The molecular weight excluding hydrogens is 302 g/mol. The summed E-state index contributed by atoms with van der Waals surface area (Å²) in [7, 11) is 0.